The summed E-state index contributed by atoms with van der Waals surface area (Å²) < 4.78 is 39.9. The zero-order valence-electron chi connectivity index (χ0n) is 29.5. The van der Waals surface area contributed by atoms with Crippen LogP contribution in [0.25, 0.3) is 10.9 Å². The highest BCUT2D eigenvalue weighted by Crippen LogP contribution is 2.46. The molecule has 4 heterocycles. The third kappa shape index (κ3) is 7.45. The maximum absolute atomic E-state index is 14.2. The Morgan fingerprint density at radius 1 is 1.17 bits per heavy atom. The highest BCUT2D eigenvalue weighted by atomic mass is 35.5. The zero-order chi connectivity index (χ0) is 36.8. The summed E-state index contributed by atoms with van der Waals surface area (Å²) >= 11 is 8.41. The number of allylic oxidation sites excluding steroid dienone is 1. The molecule has 0 spiro atoms. The van der Waals surface area contributed by atoms with Gasteiger partial charge in [-0.1, -0.05) is 44.0 Å². The van der Waals surface area contributed by atoms with E-state index >= 15 is 0 Å². The number of carbonyl (C=O) groups is 3. The molecule has 1 aromatic heterocycles. The summed E-state index contributed by atoms with van der Waals surface area (Å²) in [6, 6.07) is 4.15. The van der Waals surface area contributed by atoms with Crippen LogP contribution in [-0.2, 0) is 19.6 Å². The Morgan fingerprint density at radius 3 is 2.71 bits per heavy atom. The molecule has 0 radical (unpaired) electrons. The zero-order valence-corrected chi connectivity index (χ0v) is 31.9. The second-order valence-corrected chi connectivity index (χ2v) is 18.0. The van der Waals surface area contributed by atoms with Crippen molar-refractivity contribution < 1.29 is 32.3 Å². The number of benzene rings is 1. The fourth-order valence-electron chi connectivity index (χ4n) is 7.07. The molecule has 16 heteroatoms. The number of thioether (sulfide) groups is 1. The van der Waals surface area contributed by atoms with Gasteiger partial charge in [-0.25, -0.2) is 18.2 Å². The van der Waals surface area contributed by atoms with Gasteiger partial charge in [0.2, 0.25) is 15.9 Å². The van der Waals surface area contributed by atoms with Gasteiger partial charge in [0.25, 0.3) is 5.91 Å². The molecular weight excluding hydrogens is 728 g/mol. The first-order valence-corrected chi connectivity index (χ1v) is 20.9. The first-order valence-electron chi connectivity index (χ1n) is 18.0. The van der Waals surface area contributed by atoms with E-state index in [1.54, 1.807) is 17.8 Å². The number of carbonyl (C=O) groups excluding carboxylic acids is 3. The molecule has 2 saturated carbocycles. The predicted octanol–water partition coefficient (Wildman–Crippen LogP) is 4.56. The van der Waals surface area contributed by atoms with Crippen molar-refractivity contribution in [3.8, 4) is 11.5 Å². The lowest BCUT2D eigenvalue weighted by atomic mass is 10.1. The van der Waals surface area contributed by atoms with Gasteiger partial charge in [0.05, 0.1) is 36.2 Å². The van der Waals surface area contributed by atoms with Crippen molar-refractivity contribution in [3.05, 3.63) is 41.1 Å². The minimum absolute atomic E-state index is 0.0939. The van der Waals surface area contributed by atoms with Crippen LogP contribution in [-0.4, -0.2) is 96.1 Å². The monoisotopic (exact) mass is 772 g/mol. The smallest absolute Gasteiger partial charge is 0.318 e. The second kappa shape index (κ2) is 14.7. The molecule has 1 aromatic carbocycles. The SMILES string of the molecule is COc1ccc2c(O[C@@H]3C[C@H]4C(=O)N[C@]5(C(=O)NS(=O)(=O)C6CC6)C[C@H]5/C=C\CCCCCNC(=O)N4C3)cc(C3=NC(C(C)C)CS3)nc2c1Cl. The summed E-state index contributed by atoms with van der Waals surface area (Å²) in [6.45, 7) is 4.81. The van der Waals surface area contributed by atoms with Crippen LogP contribution in [0, 0.1) is 11.8 Å². The van der Waals surface area contributed by atoms with E-state index in [9.17, 15) is 22.8 Å². The fraction of sp³-hybridized carbons (Fsp3) is 0.583. The molecule has 3 N–H and O–H groups in total. The van der Waals surface area contributed by atoms with E-state index in [0.717, 1.165) is 36.5 Å². The number of urea groups is 1. The molecule has 5 atom stereocenters. The first kappa shape index (κ1) is 36.8. The van der Waals surface area contributed by atoms with E-state index < -0.39 is 50.8 Å². The molecule has 1 saturated heterocycles. The molecule has 7 rings (SSSR count). The van der Waals surface area contributed by atoms with Gasteiger partial charge >= 0.3 is 6.03 Å². The Labute approximate surface area is 313 Å². The van der Waals surface area contributed by atoms with Crippen LogP contribution >= 0.6 is 23.4 Å². The summed E-state index contributed by atoms with van der Waals surface area (Å²) in [5, 5.41) is 7.01. The molecule has 5 aliphatic rings. The summed E-state index contributed by atoms with van der Waals surface area (Å²) in [6.07, 6.45) is 7.98. The van der Waals surface area contributed by atoms with E-state index in [1.807, 2.05) is 24.3 Å². The van der Waals surface area contributed by atoms with Gasteiger partial charge in [-0.3, -0.25) is 19.3 Å². The van der Waals surface area contributed by atoms with Crippen LogP contribution < -0.4 is 24.8 Å². The van der Waals surface area contributed by atoms with Crippen molar-refractivity contribution in [1.29, 1.82) is 0 Å². The molecular formula is C36H45ClN6O7S2. The van der Waals surface area contributed by atoms with Crippen LogP contribution in [0.5, 0.6) is 11.5 Å². The van der Waals surface area contributed by atoms with E-state index in [1.165, 1.54) is 12.0 Å². The maximum Gasteiger partial charge on any atom is 0.318 e. The Balaban J connectivity index is 1.19. The van der Waals surface area contributed by atoms with Gasteiger partial charge in [-0.15, -0.1) is 11.8 Å². The molecule has 4 amide bonds. The number of hydrogen-bond donors (Lipinski definition) is 3. The number of aliphatic imine (C=N–C) groups is 1. The number of rotatable bonds is 8. The molecule has 280 valence electrons. The van der Waals surface area contributed by atoms with Gasteiger partial charge in [-0.2, -0.15) is 0 Å². The van der Waals surface area contributed by atoms with Crippen molar-refractivity contribution in [2.24, 2.45) is 16.8 Å². The van der Waals surface area contributed by atoms with Crippen molar-refractivity contribution in [3.63, 3.8) is 0 Å². The Bertz CT molecular complexity index is 1940. The summed E-state index contributed by atoms with van der Waals surface area (Å²) in [5.74, 6) is 0.466. The number of nitrogens with one attached hydrogen (secondary N) is 3. The third-order valence-electron chi connectivity index (χ3n) is 10.5. The molecule has 0 bridgehead atoms. The number of hydrogen-bond acceptors (Lipinski definition) is 10. The lowest BCUT2D eigenvalue weighted by Gasteiger charge is -2.26. The number of fused-ring (bicyclic) bond motifs is 3. The van der Waals surface area contributed by atoms with Gasteiger partial charge in [0.15, 0.2) is 0 Å². The van der Waals surface area contributed by atoms with Crippen molar-refractivity contribution in [1.82, 2.24) is 25.2 Å². The molecule has 13 nitrogen and oxygen atoms in total. The summed E-state index contributed by atoms with van der Waals surface area (Å²) in [7, 11) is -2.31. The van der Waals surface area contributed by atoms with Crippen LogP contribution in [0.3, 0.4) is 0 Å². The van der Waals surface area contributed by atoms with E-state index in [2.05, 4.69) is 29.2 Å². The average molecular weight is 773 g/mol. The number of pyridine rings is 1. The van der Waals surface area contributed by atoms with Gasteiger partial charge in [-0.05, 0) is 56.6 Å². The Morgan fingerprint density at radius 2 is 1.98 bits per heavy atom. The number of nitrogens with zero attached hydrogens (tertiary/aromatic N) is 3. The predicted molar refractivity (Wildman–Crippen MR) is 201 cm³/mol. The van der Waals surface area contributed by atoms with Gasteiger partial charge in [0.1, 0.15) is 39.3 Å². The summed E-state index contributed by atoms with van der Waals surface area (Å²) in [4.78, 5) is 52.7. The molecule has 2 aromatic rings. The normalized spacial score (nSPS) is 28.9. The van der Waals surface area contributed by atoms with E-state index in [-0.39, 0.29) is 31.3 Å². The fourth-order valence-corrected chi connectivity index (χ4v) is 9.97. The molecule has 52 heavy (non-hydrogen) atoms. The van der Waals surface area contributed by atoms with E-state index in [4.69, 9.17) is 31.1 Å². The minimum atomic E-state index is -3.84. The highest BCUT2D eigenvalue weighted by Gasteiger charge is 2.62. The standard InChI is InChI=1S/C36H45ClN6O7S2/c1-20(2)26-19-51-33(40-26)25-16-29(24-12-13-28(49-3)30(37)31(24)39-25)50-22-15-27-32(44)41-36(34(45)42-52(47,48)23-10-11-23)17-21(36)9-7-5-4-6-8-14-38-35(46)43(27)18-22/h7,9,12-13,16,20-23,26-27H,4-6,8,10-11,14-15,17-19H2,1-3H3,(H,38,46)(H,41,44)(H,42,45)/b9-7-/t21-,22-,26?,27+,36-/m1/s1. The second-order valence-electron chi connectivity index (χ2n) is 14.6. The maximum atomic E-state index is 14.2. The van der Waals surface area contributed by atoms with Crippen molar-refractivity contribution in [2.75, 3.05) is 26.0 Å². The number of halogens is 1. The number of sulfonamides is 1. The minimum Gasteiger partial charge on any atom is -0.495 e. The van der Waals surface area contributed by atoms with Crippen molar-refractivity contribution >= 4 is 67.2 Å². The first-order chi connectivity index (χ1) is 24.9. The molecule has 1 unspecified atom stereocenters. The van der Waals surface area contributed by atoms with Crippen LogP contribution in [0.1, 0.15) is 70.9 Å². The number of aromatic nitrogens is 1. The quantitative estimate of drug-likeness (QED) is 0.326. The molecule has 3 aliphatic heterocycles. The summed E-state index contributed by atoms with van der Waals surface area (Å²) in [5.41, 5.74) is -0.345. The Kier molecular flexibility index (Phi) is 10.4. The lowest BCUT2D eigenvalue weighted by molar-refractivity contribution is -0.131. The van der Waals surface area contributed by atoms with E-state index in [0.29, 0.717) is 58.4 Å². The van der Waals surface area contributed by atoms with Gasteiger partial charge < -0.3 is 25.0 Å². The van der Waals surface area contributed by atoms with Crippen LogP contribution in [0.15, 0.2) is 35.3 Å². The Hall–Kier alpha value is -3.56. The molecule has 2 aliphatic carbocycles. The number of methoxy groups -OCH3 is 1. The number of amides is 4. The molecule has 3 fully saturated rings. The van der Waals surface area contributed by atoms with Crippen LogP contribution in [0.2, 0.25) is 5.02 Å². The van der Waals surface area contributed by atoms with Gasteiger partial charge in [0, 0.05) is 36.1 Å². The van der Waals surface area contributed by atoms with Crippen molar-refractivity contribution in [2.45, 2.75) is 94.2 Å². The average Bonchev–Trinajstić information content (AvgIpc) is 3.98. The largest absolute Gasteiger partial charge is 0.495 e. The lowest BCUT2D eigenvalue weighted by Crippen LogP contribution is -2.57. The topological polar surface area (TPSA) is 168 Å². The number of ether oxygens (including phenoxy) is 2. The highest BCUT2D eigenvalue weighted by molar-refractivity contribution is 8.14. The third-order valence-corrected chi connectivity index (χ3v) is 13.8. The van der Waals surface area contributed by atoms with Crippen LogP contribution in [0.4, 0.5) is 4.79 Å².